The summed E-state index contributed by atoms with van der Waals surface area (Å²) in [6.07, 6.45) is 1.80. The van der Waals surface area contributed by atoms with Gasteiger partial charge < -0.3 is 0 Å². The smallest absolute Gasteiger partial charge is 0.168 e. The largest absolute Gasteiger partial charge is 0.281 e. The van der Waals surface area contributed by atoms with Crippen LogP contribution in [0.5, 0.6) is 0 Å². The van der Waals surface area contributed by atoms with E-state index in [1.807, 2.05) is 11.3 Å². The molecule has 0 amide bonds. The van der Waals surface area contributed by atoms with E-state index in [2.05, 4.69) is 124 Å². The molecule has 0 aliphatic heterocycles. The van der Waals surface area contributed by atoms with Gasteiger partial charge in [-0.1, -0.05) is 91.0 Å². The Morgan fingerprint density at radius 1 is 0.556 bits per heavy atom. The van der Waals surface area contributed by atoms with Crippen LogP contribution < -0.4 is 0 Å². The van der Waals surface area contributed by atoms with Crippen LogP contribution >= 0.6 is 11.3 Å². The first-order chi connectivity index (χ1) is 17.8. The summed E-state index contributed by atoms with van der Waals surface area (Å²) >= 11 is 1.88. The first kappa shape index (κ1) is 19.7. The van der Waals surface area contributed by atoms with Crippen LogP contribution in [0.3, 0.4) is 0 Å². The molecule has 0 unspecified atom stereocenters. The second kappa shape index (κ2) is 7.48. The predicted octanol–water partition coefficient (Wildman–Crippen LogP) is 8.74. The average Bonchev–Trinajstić information content (AvgIpc) is 3.59. The van der Waals surface area contributed by atoms with Crippen LogP contribution in [0.25, 0.3) is 69.7 Å². The molecular weight excluding hydrogens is 458 g/mol. The summed E-state index contributed by atoms with van der Waals surface area (Å²) in [5.74, 6) is 0. The van der Waals surface area contributed by atoms with Gasteiger partial charge in [-0.15, -0.1) is 21.5 Å². The standard InChI is InChI=1S/C32H19N3S/c1-2-8-27-24(6-1)28-18-22(16-17-29(28)35-19-33-34-32(27)35)20-12-14-21(15-13-20)23-9-5-10-26-25-7-3-4-11-30(25)36-31(23)26/h1-19H. The average molecular weight is 478 g/mol. The molecule has 0 aliphatic carbocycles. The van der Waals surface area contributed by atoms with Crippen LogP contribution in [0.2, 0.25) is 0 Å². The van der Waals surface area contributed by atoms with E-state index < -0.39 is 0 Å². The highest BCUT2D eigenvalue weighted by molar-refractivity contribution is 7.26. The third-order valence-corrected chi connectivity index (χ3v) is 8.42. The van der Waals surface area contributed by atoms with E-state index in [-0.39, 0.29) is 0 Å². The summed E-state index contributed by atoms with van der Waals surface area (Å²) < 4.78 is 4.76. The Balaban J connectivity index is 1.27. The number of benzene rings is 5. The summed E-state index contributed by atoms with van der Waals surface area (Å²) in [6, 6.07) is 39.4. The molecule has 4 heteroatoms. The van der Waals surface area contributed by atoms with Gasteiger partial charge >= 0.3 is 0 Å². The van der Waals surface area contributed by atoms with Gasteiger partial charge in [0.2, 0.25) is 0 Å². The van der Waals surface area contributed by atoms with E-state index in [1.165, 1.54) is 53.2 Å². The van der Waals surface area contributed by atoms with Crippen LogP contribution in [-0.4, -0.2) is 14.6 Å². The molecule has 3 heterocycles. The lowest BCUT2D eigenvalue weighted by molar-refractivity contribution is 1.11. The van der Waals surface area contributed by atoms with Crippen molar-refractivity contribution >= 4 is 58.8 Å². The summed E-state index contributed by atoms with van der Waals surface area (Å²) in [7, 11) is 0. The highest BCUT2D eigenvalue weighted by Gasteiger charge is 2.12. The Morgan fingerprint density at radius 2 is 1.28 bits per heavy atom. The number of rotatable bonds is 2. The highest BCUT2D eigenvalue weighted by Crippen LogP contribution is 2.40. The summed E-state index contributed by atoms with van der Waals surface area (Å²) in [5.41, 5.74) is 6.95. The lowest BCUT2D eigenvalue weighted by Gasteiger charge is -2.10. The first-order valence-electron chi connectivity index (χ1n) is 12.0. The van der Waals surface area contributed by atoms with E-state index in [0.717, 1.165) is 16.6 Å². The molecule has 36 heavy (non-hydrogen) atoms. The maximum Gasteiger partial charge on any atom is 0.168 e. The lowest BCUT2D eigenvalue weighted by Crippen LogP contribution is -1.91. The normalized spacial score (nSPS) is 11.9. The molecule has 3 aromatic heterocycles. The molecule has 0 aliphatic rings. The molecule has 8 rings (SSSR count). The minimum Gasteiger partial charge on any atom is -0.281 e. The summed E-state index contributed by atoms with van der Waals surface area (Å²) in [5, 5.41) is 14.7. The quantitative estimate of drug-likeness (QED) is 0.233. The number of pyridine rings is 1. The molecule has 0 spiro atoms. The van der Waals surface area contributed by atoms with Crippen molar-refractivity contribution in [2.45, 2.75) is 0 Å². The molecule has 0 N–H and O–H groups in total. The fraction of sp³-hybridized carbons (Fsp3) is 0. The number of hydrogen-bond acceptors (Lipinski definition) is 3. The van der Waals surface area contributed by atoms with Crippen LogP contribution in [0, 0.1) is 0 Å². The zero-order chi connectivity index (χ0) is 23.6. The van der Waals surface area contributed by atoms with Crippen molar-refractivity contribution in [2.24, 2.45) is 0 Å². The molecule has 0 saturated carbocycles. The Hall–Kier alpha value is -4.54. The Labute approximate surface area is 210 Å². The minimum atomic E-state index is 0.894. The second-order valence-corrected chi connectivity index (χ2v) is 10.2. The Kier molecular flexibility index (Phi) is 4.10. The molecule has 8 aromatic rings. The number of aromatic nitrogens is 3. The van der Waals surface area contributed by atoms with Crippen molar-refractivity contribution in [3.63, 3.8) is 0 Å². The lowest BCUT2D eigenvalue weighted by atomic mass is 9.97. The van der Waals surface area contributed by atoms with Gasteiger partial charge in [-0.05, 0) is 45.8 Å². The maximum absolute atomic E-state index is 4.37. The van der Waals surface area contributed by atoms with Crippen LogP contribution in [0.1, 0.15) is 0 Å². The van der Waals surface area contributed by atoms with Crippen molar-refractivity contribution in [1.82, 2.24) is 14.6 Å². The molecule has 168 valence electrons. The minimum absolute atomic E-state index is 0.894. The topological polar surface area (TPSA) is 30.2 Å². The van der Waals surface area contributed by atoms with Gasteiger partial charge in [-0.25, -0.2) is 0 Å². The fourth-order valence-electron chi connectivity index (χ4n) is 5.47. The van der Waals surface area contributed by atoms with Crippen LogP contribution in [0.15, 0.2) is 116 Å². The SMILES string of the molecule is c1ccc2c(c1)sc1c(-c3ccc(-c4ccc5c(c4)c4ccccc4c4nncn54)cc3)cccc12. The van der Waals surface area contributed by atoms with Gasteiger partial charge in [0.15, 0.2) is 5.65 Å². The second-order valence-electron chi connectivity index (χ2n) is 9.16. The van der Waals surface area contributed by atoms with E-state index in [4.69, 9.17) is 0 Å². The van der Waals surface area contributed by atoms with Gasteiger partial charge in [0.1, 0.15) is 6.33 Å². The molecule has 3 nitrogen and oxygen atoms in total. The van der Waals surface area contributed by atoms with Gasteiger partial charge in [0.05, 0.1) is 5.52 Å². The first-order valence-corrected chi connectivity index (χ1v) is 12.8. The van der Waals surface area contributed by atoms with Crippen molar-refractivity contribution < 1.29 is 0 Å². The number of thiophene rings is 1. The van der Waals surface area contributed by atoms with Crippen molar-refractivity contribution in [2.75, 3.05) is 0 Å². The van der Waals surface area contributed by atoms with Gasteiger partial charge in [-0.2, -0.15) is 0 Å². The van der Waals surface area contributed by atoms with Gasteiger partial charge in [-0.3, -0.25) is 4.40 Å². The monoisotopic (exact) mass is 477 g/mol. The number of hydrogen-bond donors (Lipinski definition) is 0. The molecule has 0 saturated heterocycles. The predicted molar refractivity (Wildman–Crippen MR) is 152 cm³/mol. The van der Waals surface area contributed by atoms with Gasteiger partial charge in [0.25, 0.3) is 0 Å². The third kappa shape index (κ3) is 2.79. The van der Waals surface area contributed by atoms with Crippen LogP contribution in [-0.2, 0) is 0 Å². The molecule has 0 fully saturated rings. The molecule has 0 atom stereocenters. The Morgan fingerprint density at radius 3 is 2.17 bits per heavy atom. The molecule has 0 radical (unpaired) electrons. The molecular formula is C32H19N3S. The number of fused-ring (bicyclic) bond motifs is 9. The summed E-state index contributed by atoms with van der Waals surface area (Å²) in [4.78, 5) is 0. The van der Waals surface area contributed by atoms with E-state index in [0.29, 0.717) is 0 Å². The zero-order valence-electron chi connectivity index (χ0n) is 19.2. The maximum atomic E-state index is 4.37. The number of nitrogens with zero attached hydrogens (tertiary/aromatic N) is 3. The highest BCUT2D eigenvalue weighted by atomic mass is 32.1. The van der Waals surface area contributed by atoms with Crippen LogP contribution in [0.4, 0.5) is 0 Å². The van der Waals surface area contributed by atoms with Gasteiger partial charge in [0, 0.05) is 30.9 Å². The van der Waals surface area contributed by atoms with E-state index >= 15 is 0 Å². The summed E-state index contributed by atoms with van der Waals surface area (Å²) in [6.45, 7) is 0. The van der Waals surface area contributed by atoms with E-state index in [1.54, 1.807) is 6.33 Å². The fourth-order valence-corrected chi connectivity index (χ4v) is 6.70. The molecule has 5 aromatic carbocycles. The zero-order valence-corrected chi connectivity index (χ0v) is 20.0. The van der Waals surface area contributed by atoms with E-state index in [9.17, 15) is 0 Å². The third-order valence-electron chi connectivity index (χ3n) is 7.20. The van der Waals surface area contributed by atoms with Crippen molar-refractivity contribution in [3.8, 4) is 22.3 Å². The van der Waals surface area contributed by atoms with Crippen molar-refractivity contribution in [1.29, 1.82) is 0 Å². The molecule has 0 bridgehead atoms. The Bertz CT molecular complexity index is 2100. The van der Waals surface area contributed by atoms with Crippen molar-refractivity contribution in [3.05, 3.63) is 116 Å².